The van der Waals surface area contributed by atoms with Gasteiger partial charge in [-0.05, 0) is 60.7 Å². The van der Waals surface area contributed by atoms with Crippen LogP contribution in [0.1, 0.15) is 29.9 Å². The van der Waals surface area contributed by atoms with Gasteiger partial charge in [0, 0.05) is 17.4 Å². The largest absolute Gasteiger partial charge is 0.496 e. The van der Waals surface area contributed by atoms with E-state index in [1.807, 2.05) is 0 Å². The number of ether oxygens (including phenoxy) is 1. The summed E-state index contributed by atoms with van der Waals surface area (Å²) in [5.41, 5.74) is 6.50. The van der Waals surface area contributed by atoms with Gasteiger partial charge in [0.05, 0.1) is 12.8 Å². The summed E-state index contributed by atoms with van der Waals surface area (Å²) in [6.07, 6.45) is 2.34. The molecule has 1 saturated heterocycles. The van der Waals surface area contributed by atoms with Crippen LogP contribution in [-0.4, -0.2) is 30.1 Å². The first-order valence-electron chi connectivity index (χ1n) is 10.8. The molecule has 0 bridgehead atoms. The fourth-order valence-electron chi connectivity index (χ4n) is 4.84. The zero-order valence-corrected chi connectivity index (χ0v) is 17.5. The van der Waals surface area contributed by atoms with Crippen LogP contribution >= 0.6 is 0 Å². The standard InChI is InChI=1S/C27H28N2O/c1-30-26-14-8-6-11-22(26)20-15-17-29(18-16-20)19-24-23-12-5-7-13-25(23)28-27(24)21-9-3-2-4-10-21/h2-14,20,28H,15-19H2,1H3. The predicted octanol–water partition coefficient (Wildman–Crippen LogP) is 6.22. The normalized spacial score (nSPS) is 15.5. The maximum atomic E-state index is 5.61. The van der Waals surface area contributed by atoms with Crippen LogP contribution in [0.5, 0.6) is 5.75 Å². The number of benzene rings is 3. The minimum absolute atomic E-state index is 0.578. The molecule has 0 unspecified atom stereocenters. The Labute approximate surface area is 178 Å². The molecule has 1 aliphatic rings. The molecule has 1 N–H and O–H groups in total. The van der Waals surface area contributed by atoms with Gasteiger partial charge in [-0.1, -0.05) is 66.7 Å². The van der Waals surface area contributed by atoms with E-state index < -0.39 is 0 Å². The summed E-state index contributed by atoms with van der Waals surface area (Å²) >= 11 is 0. The van der Waals surface area contributed by atoms with Gasteiger partial charge in [-0.2, -0.15) is 0 Å². The Kier molecular flexibility index (Phi) is 5.29. The van der Waals surface area contributed by atoms with E-state index >= 15 is 0 Å². The van der Waals surface area contributed by atoms with Crippen molar-refractivity contribution < 1.29 is 4.74 Å². The topological polar surface area (TPSA) is 28.3 Å². The lowest BCUT2D eigenvalue weighted by molar-refractivity contribution is 0.204. The number of methoxy groups -OCH3 is 1. The maximum absolute atomic E-state index is 5.61. The molecule has 0 amide bonds. The van der Waals surface area contributed by atoms with Crippen molar-refractivity contribution in [2.45, 2.75) is 25.3 Å². The number of H-pyrrole nitrogens is 1. The zero-order valence-electron chi connectivity index (χ0n) is 17.5. The minimum Gasteiger partial charge on any atom is -0.496 e. The average Bonchev–Trinajstić information content (AvgIpc) is 3.18. The summed E-state index contributed by atoms with van der Waals surface area (Å²) in [5, 5.41) is 1.34. The van der Waals surface area contributed by atoms with E-state index in [-0.39, 0.29) is 0 Å². The minimum atomic E-state index is 0.578. The lowest BCUT2D eigenvalue weighted by Gasteiger charge is -2.33. The highest BCUT2D eigenvalue weighted by atomic mass is 16.5. The molecule has 0 spiro atoms. The van der Waals surface area contributed by atoms with Crippen molar-refractivity contribution in [2.24, 2.45) is 0 Å². The van der Waals surface area contributed by atoms with Crippen LogP contribution in [0.25, 0.3) is 22.2 Å². The van der Waals surface area contributed by atoms with Crippen LogP contribution in [0.15, 0.2) is 78.9 Å². The van der Waals surface area contributed by atoms with E-state index in [9.17, 15) is 0 Å². The van der Waals surface area contributed by atoms with E-state index in [0.29, 0.717) is 5.92 Å². The summed E-state index contributed by atoms with van der Waals surface area (Å²) in [7, 11) is 1.77. The van der Waals surface area contributed by atoms with Gasteiger partial charge in [0.1, 0.15) is 5.75 Å². The monoisotopic (exact) mass is 396 g/mol. The third-order valence-corrected chi connectivity index (χ3v) is 6.42. The van der Waals surface area contributed by atoms with E-state index in [0.717, 1.165) is 25.4 Å². The van der Waals surface area contributed by atoms with Crippen molar-refractivity contribution in [3.8, 4) is 17.0 Å². The second kappa shape index (κ2) is 8.37. The van der Waals surface area contributed by atoms with E-state index in [1.165, 1.54) is 46.1 Å². The average molecular weight is 397 g/mol. The quantitative estimate of drug-likeness (QED) is 0.433. The number of hydrogen-bond donors (Lipinski definition) is 1. The summed E-state index contributed by atoms with van der Waals surface area (Å²) < 4.78 is 5.61. The number of nitrogens with one attached hydrogen (secondary N) is 1. The number of hydrogen-bond acceptors (Lipinski definition) is 2. The van der Waals surface area contributed by atoms with Crippen LogP contribution in [0.3, 0.4) is 0 Å². The fourth-order valence-corrected chi connectivity index (χ4v) is 4.84. The van der Waals surface area contributed by atoms with Gasteiger partial charge >= 0.3 is 0 Å². The molecule has 0 aliphatic carbocycles. The number of piperidine rings is 1. The molecular formula is C27H28N2O. The van der Waals surface area contributed by atoms with E-state index in [2.05, 4.69) is 88.7 Å². The highest BCUT2D eigenvalue weighted by molar-refractivity contribution is 5.90. The zero-order chi connectivity index (χ0) is 20.3. The smallest absolute Gasteiger partial charge is 0.122 e. The summed E-state index contributed by atoms with van der Waals surface area (Å²) in [6.45, 7) is 3.19. The Morgan fingerprint density at radius 1 is 0.867 bits per heavy atom. The fraction of sp³-hybridized carbons (Fsp3) is 0.259. The van der Waals surface area contributed by atoms with Crippen LogP contribution < -0.4 is 4.74 Å². The SMILES string of the molecule is COc1ccccc1C1CCN(Cc2c(-c3ccccc3)[nH]c3ccccc23)CC1. The second-order valence-corrected chi connectivity index (χ2v) is 8.18. The molecule has 0 saturated carbocycles. The first kappa shape index (κ1) is 19.0. The molecule has 1 fully saturated rings. The molecule has 30 heavy (non-hydrogen) atoms. The van der Waals surface area contributed by atoms with Crippen molar-refractivity contribution >= 4 is 10.9 Å². The van der Waals surface area contributed by atoms with Gasteiger partial charge < -0.3 is 9.72 Å². The van der Waals surface area contributed by atoms with Crippen molar-refractivity contribution in [1.29, 1.82) is 0 Å². The van der Waals surface area contributed by atoms with Gasteiger partial charge in [0.25, 0.3) is 0 Å². The van der Waals surface area contributed by atoms with Crippen LogP contribution in [0.2, 0.25) is 0 Å². The molecule has 2 heterocycles. The van der Waals surface area contributed by atoms with Crippen LogP contribution in [0.4, 0.5) is 0 Å². The first-order chi connectivity index (χ1) is 14.8. The highest BCUT2D eigenvalue weighted by Gasteiger charge is 2.24. The molecule has 3 aromatic carbocycles. The van der Waals surface area contributed by atoms with Gasteiger partial charge in [0.2, 0.25) is 0 Å². The number of aromatic nitrogens is 1. The van der Waals surface area contributed by atoms with Crippen LogP contribution in [-0.2, 0) is 6.54 Å². The number of para-hydroxylation sites is 2. The number of fused-ring (bicyclic) bond motifs is 1. The Bertz CT molecular complexity index is 1120. The number of nitrogens with zero attached hydrogens (tertiary/aromatic N) is 1. The Morgan fingerprint density at radius 3 is 2.37 bits per heavy atom. The molecule has 5 rings (SSSR count). The van der Waals surface area contributed by atoms with Gasteiger partial charge in [0.15, 0.2) is 0 Å². The molecule has 0 radical (unpaired) electrons. The molecule has 152 valence electrons. The highest BCUT2D eigenvalue weighted by Crippen LogP contribution is 2.36. The molecular weight excluding hydrogens is 368 g/mol. The molecule has 3 nitrogen and oxygen atoms in total. The number of likely N-dealkylation sites (tertiary alicyclic amines) is 1. The summed E-state index contributed by atoms with van der Waals surface area (Å²) in [5.74, 6) is 1.60. The molecule has 1 aliphatic heterocycles. The Balaban J connectivity index is 1.38. The van der Waals surface area contributed by atoms with Crippen molar-refractivity contribution in [1.82, 2.24) is 9.88 Å². The maximum Gasteiger partial charge on any atom is 0.122 e. The Hall–Kier alpha value is -3.04. The second-order valence-electron chi connectivity index (χ2n) is 8.18. The number of aromatic amines is 1. The molecule has 4 aromatic rings. The van der Waals surface area contributed by atoms with Crippen molar-refractivity contribution in [2.75, 3.05) is 20.2 Å². The van der Waals surface area contributed by atoms with Crippen molar-refractivity contribution in [3.05, 3.63) is 90.0 Å². The third kappa shape index (κ3) is 3.61. The van der Waals surface area contributed by atoms with Gasteiger partial charge in [-0.3, -0.25) is 4.90 Å². The third-order valence-electron chi connectivity index (χ3n) is 6.42. The van der Waals surface area contributed by atoms with Crippen molar-refractivity contribution in [3.63, 3.8) is 0 Å². The summed E-state index contributed by atoms with van der Waals surface area (Å²) in [6, 6.07) is 27.9. The molecule has 0 atom stereocenters. The Morgan fingerprint density at radius 2 is 1.57 bits per heavy atom. The van der Waals surface area contributed by atoms with Gasteiger partial charge in [-0.25, -0.2) is 0 Å². The lowest BCUT2D eigenvalue weighted by Crippen LogP contribution is -2.32. The predicted molar refractivity (Wildman–Crippen MR) is 124 cm³/mol. The molecule has 1 aromatic heterocycles. The first-order valence-corrected chi connectivity index (χ1v) is 10.8. The van der Waals surface area contributed by atoms with E-state index in [1.54, 1.807) is 7.11 Å². The lowest BCUT2D eigenvalue weighted by atomic mass is 9.88. The van der Waals surface area contributed by atoms with E-state index in [4.69, 9.17) is 4.74 Å². The van der Waals surface area contributed by atoms with Gasteiger partial charge in [-0.15, -0.1) is 0 Å². The summed E-state index contributed by atoms with van der Waals surface area (Å²) in [4.78, 5) is 6.28. The van der Waals surface area contributed by atoms with Crippen LogP contribution in [0, 0.1) is 0 Å². The number of rotatable bonds is 5. The molecule has 3 heteroatoms.